The van der Waals surface area contributed by atoms with Gasteiger partial charge in [-0.1, -0.05) is 0 Å². The minimum atomic E-state index is -2.52. The van der Waals surface area contributed by atoms with E-state index in [0.29, 0.717) is 24.4 Å². The molecule has 1 aromatic rings. The molecule has 7 heteroatoms. The van der Waals surface area contributed by atoms with Crippen LogP contribution < -0.4 is 11.1 Å². The second-order valence-electron chi connectivity index (χ2n) is 4.49. The van der Waals surface area contributed by atoms with Crippen molar-refractivity contribution in [2.45, 2.75) is 44.2 Å². The zero-order valence-electron chi connectivity index (χ0n) is 9.80. The fraction of sp³-hybridized carbons (Fsp3) is 0.636. The molecule has 0 aromatic carbocycles. The molecule has 0 unspecified atom stereocenters. The molecular formula is C11H15ClF2N4. The van der Waals surface area contributed by atoms with Crippen LogP contribution in [0.15, 0.2) is 6.07 Å². The maximum absolute atomic E-state index is 13.0. The third-order valence-corrected chi connectivity index (χ3v) is 3.20. The van der Waals surface area contributed by atoms with E-state index >= 15 is 0 Å². The molecule has 0 aliphatic heterocycles. The fourth-order valence-electron chi connectivity index (χ4n) is 2.04. The smallest absolute Gasteiger partial charge is 0.248 e. The Morgan fingerprint density at radius 3 is 2.67 bits per heavy atom. The lowest BCUT2D eigenvalue weighted by molar-refractivity contribution is -0.0361. The van der Waals surface area contributed by atoms with E-state index < -0.39 is 5.92 Å². The number of hydrogen-bond donors (Lipinski definition) is 2. The minimum Gasteiger partial charge on any atom is -0.367 e. The molecule has 1 aliphatic rings. The maximum Gasteiger partial charge on any atom is 0.248 e. The molecule has 1 aromatic heterocycles. The summed E-state index contributed by atoms with van der Waals surface area (Å²) in [4.78, 5) is 7.95. The van der Waals surface area contributed by atoms with Crippen molar-refractivity contribution < 1.29 is 8.78 Å². The Bertz CT molecular complexity index is 418. The summed E-state index contributed by atoms with van der Waals surface area (Å²) in [5.74, 6) is -1.98. The van der Waals surface area contributed by atoms with Gasteiger partial charge in [0.1, 0.15) is 5.82 Å². The van der Waals surface area contributed by atoms with Crippen LogP contribution in [0.25, 0.3) is 0 Å². The summed E-state index contributed by atoms with van der Waals surface area (Å²) in [7, 11) is 0. The summed E-state index contributed by atoms with van der Waals surface area (Å²) in [6.45, 7) is 0.264. The predicted molar refractivity (Wildman–Crippen MR) is 65.8 cm³/mol. The van der Waals surface area contributed by atoms with E-state index in [-0.39, 0.29) is 30.7 Å². The average Bonchev–Trinajstić information content (AvgIpc) is 2.31. The first-order chi connectivity index (χ1) is 8.48. The summed E-state index contributed by atoms with van der Waals surface area (Å²) in [6, 6.07) is 1.69. The van der Waals surface area contributed by atoms with Gasteiger partial charge >= 0.3 is 0 Å². The molecule has 100 valence electrons. The molecule has 2 rings (SSSR count). The summed E-state index contributed by atoms with van der Waals surface area (Å²) >= 11 is 5.75. The Labute approximate surface area is 109 Å². The van der Waals surface area contributed by atoms with Crippen LogP contribution in [0, 0.1) is 0 Å². The van der Waals surface area contributed by atoms with E-state index in [1.807, 2.05) is 0 Å². The van der Waals surface area contributed by atoms with Crippen molar-refractivity contribution in [3.8, 4) is 0 Å². The topological polar surface area (TPSA) is 63.8 Å². The molecule has 0 spiro atoms. The molecule has 0 atom stereocenters. The van der Waals surface area contributed by atoms with Crippen LogP contribution in [0.5, 0.6) is 0 Å². The molecule has 1 aliphatic carbocycles. The van der Waals surface area contributed by atoms with Crippen molar-refractivity contribution in [2.24, 2.45) is 5.73 Å². The number of hydrogen-bond acceptors (Lipinski definition) is 4. The SMILES string of the molecule is NCc1cc(NC2CCC(F)(F)CC2)nc(Cl)n1. The number of nitrogens with zero attached hydrogens (tertiary/aromatic N) is 2. The standard InChI is InChI=1S/C11H15ClF2N4/c12-10-17-8(6-15)5-9(18-10)16-7-1-3-11(13,14)4-2-7/h5,7H,1-4,6,15H2,(H,16,17,18). The fourth-order valence-corrected chi connectivity index (χ4v) is 2.24. The molecular weight excluding hydrogens is 262 g/mol. The Kier molecular flexibility index (Phi) is 3.97. The van der Waals surface area contributed by atoms with Crippen molar-refractivity contribution in [3.05, 3.63) is 17.0 Å². The maximum atomic E-state index is 13.0. The van der Waals surface area contributed by atoms with Gasteiger partial charge in [-0.15, -0.1) is 0 Å². The summed E-state index contributed by atoms with van der Waals surface area (Å²) in [5.41, 5.74) is 6.10. The summed E-state index contributed by atoms with van der Waals surface area (Å²) in [6.07, 6.45) is 0.666. The van der Waals surface area contributed by atoms with E-state index in [1.165, 1.54) is 0 Å². The first-order valence-electron chi connectivity index (χ1n) is 5.86. The van der Waals surface area contributed by atoms with Crippen molar-refractivity contribution in [1.82, 2.24) is 9.97 Å². The average molecular weight is 277 g/mol. The number of alkyl halides is 2. The first-order valence-corrected chi connectivity index (χ1v) is 6.24. The molecule has 0 amide bonds. The zero-order valence-corrected chi connectivity index (χ0v) is 10.6. The van der Waals surface area contributed by atoms with Crippen molar-refractivity contribution in [3.63, 3.8) is 0 Å². The lowest BCUT2D eigenvalue weighted by Crippen LogP contribution is -2.32. The number of anilines is 1. The molecule has 0 bridgehead atoms. The van der Waals surface area contributed by atoms with Gasteiger partial charge in [-0.3, -0.25) is 0 Å². The molecule has 1 fully saturated rings. The van der Waals surface area contributed by atoms with Crippen molar-refractivity contribution in [2.75, 3.05) is 5.32 Å². The van der Waals surface area contributed by atoms with E-state index in [1.54, 1.807) is 6.07 Å². The molecule has 0 radical (unpaired) electrons. The van der Waals surface area contributed by atoms with E-state index in [2.05, 4.69) is 15.3 Å². The van der Waals surface area contributed by atoms with Gasteiger partial charge in [0.15, 0.2) is 0 Å². The molecule has 1 heterocycles. The van der Waals surface area contributed by atoms with Crippen LogP contribution in [0.4, 0.5) is 14.6 Å². The number of rotatable bonds is 3. The van der Waals surface area contributed by atoms with E-state index in [4.69, 9.17) is 17.3 Å². The third-order valence-electron chi connectivity index (χ3n) is 3.03. The normalized spacial score (nSPS) is 19.8. The van der Waals surface area contributed by atoms with Crippen molar-refractivity contribution >= 4 is 17.4 Å². The minimum absolute atomic E-state index is 0.00113. The largest absolute Gasteiger partial charge is 0.367 e. The Morgan fingerprint density at radius 1 is 1.39 bits per heavy atom. The zero-order chi connectivity index (χ0) is 13.2. The van der Waals surface area contributed by atoms with E-state index in [9.17, 15) is 8.78 Å². The van der Waals surface area contributed by atoms with Crippen LogP contribution >= 0.6 is 11.6 Å². The second-order valence-corrected chi connectivity index (χ2v) is 4.83. The van der Waals surface area contributed by atoms with Gasteiger partial charge in [0.25, 0.3) is 0 Å². The number of nitrogens with one attached hydrogen (secondary N) is 1. The van der Waals surface area contributed by atoms with E-state index in [0.717, 1.165) is 0 Å². The van der Waals surface area contributed by atoms with Gasteiger partial charge < -0.3 is 11.1 Å². The third kappa shape index (κ3) is 3.49. The van der Waals surface area contributed by atoms with Crippen LogP contribution in [0.2, 0.25) is 5.28 Å². The van der Waals surface area contributed by atoms with Crippen molar-refractivity contribution in [1.29, 1.82) is 0 Å². The Balaban J connectivity index is 2.00. The number of aromatic nitrogens is 2. The highest BCUT2D eigenvalue weighted by Gasteiger charge is 2.34. The van der Waals surface area contributed by atoms with Crippen LogP contribution in [0.3, 0.4) is 0 Å². The molecule has 4 nitrogen and oxygen atoms in total. The molecule has 3 N–H and O–H groups in total. The Hall–Kier alpha value is -1.01. The summed E-state index contributed by atoms with van der Waals surface area (Å²) in [5, 5.41) is 3.22. The van der Waals surface area contributed by atoms with Gasteiger partial charge in [-0.2, -0.15) is 0 Å². The first kappa shape index (κ1) is 13.4. The molecule has 1 saturated carbocycles. The van der Waals surface area contributed by atoms with Gasteiger partial charge in [0.05, 0.1) is 5.69 Å². The highest BCUT2D eigenvalue weighted by atomic mass is 35.5. The van der Waals surface area contributed by atoms with Gasteiger partial charge in [0.2, 0.25) is 11.2 Å². The molecule has 0 saturated heterocycles. The second kappa shape index (κ2) is 5.32. The van der Waals surface area contributed by atoms with Gasteiger partial charge in [-0.25, -0.2) is 18.7 Å². The molecule has 18 heavy (non-hydrogen) atoms. The van der Waals surface area contributed by atoms with Gasteiger partial charge in [-0.05, 0) is 24.4 Å². The highest BCUT2D eigenvalue weighted by molar-refractivity contribution is 6.28. The predicted octanol–water partition coefficient (Wildman–Crippen LogP) is 2.58. The number of nitrogens with two attached hydrogens (primary N) is 1. The van der Waals surface area contributed by atoms with Gasteiger partial charge in [0, 0.05) is 31.5 Å². The van der Waals surface area contributed by atoms with Crippen LogP contribution in [-0.4, -0.2) is 21.9 Å². The monoisotopic (exact) mass is 276 g/mol. The summed E-state index contributed by atoms with van der Waals surface area (Å²) < 4.78 is 26.0. The highest BCUT2D eigenvalue weighted by Crippen LogP contribution is 2.34. The lowest BCUT2D eigenvalue weighted by atomic mass is 9.92. The Morgan fingerprint density at radius 2 is 2.06 bits per heavy atom. The quantitative estimate of drug-likeness (QED) is 0.833. The van der Waals surface area contributed by atoms with Crippen LogP contribution in [0.1, 0.15) is 31.4 Å². The lowest BCUT2D eigenvalue weighted by Gasteiger charge is -2.29. The number of halogens is 3. The van der Waals surface area contributed by atoms with Crippen LogP contribution in [-0.2, 0) is 6.54 Å².